The number of nitrogens with one attached hydrogen (secondary N) is 1. The fraction of sp³-hybridized carbons (Fsp3) is 0.125. The monoisotopic (exact) mass is 454 g/mol. The fourth-order valence-corrected chi connectivity index (χ4v) is 4.52. The summed E-state index contributed by atoms with van der Waals surface area (Å²) in [6, 6.07) is 18.3. The predicted molar refractivity (Wildman–Crippen MR) is 123 cm³/mol. The molecule has 3 rings (SSSR count). The number of sulfonamides is 1. The van der Waals surface area contributed by atoms with Gasteiger partial charge in [0.05, 0.1) is 35.0 Å². The molecule has 0 spiro atoms. The van der Waals surface area contributed by atoms with E-state index in [1.807, 2.05) is 0 Å². The molecule has 0 aliphatic heterocycles. The maximum absolute atomic E-state index is 14.5. The second kappa shape index (κ2) is 10.1. The lowest BCUT2D eigenvalue weighted by Crippen LogP contribution is -2.31. The number of ether oxygens (including phenoxy) is 1. The third-order valence-electron chi connectivity index (χ3n) is 4.54. The Morgan fingerprint density at radius 2 is 1.78 bits per heavy atom. The van der Waals surface area contributed by atoms with Crippen molar-refractivity contribution in [2.45, 2.75) is 11.8 Å². The summed E-state index contributed by atoms with van der Waals surface area (Å²) in [4.78, 5) is 12.6. The molecule has 6 nitrogen and oxygen atoms in total. The van der Waals surface area contributed by atoms with Gasteiger partial charge in [0.25, 0.3) is 15.9 Å². The third-order valence-corrected chi connectivity index (χ3v) is 6.33. The molecule has 0 bridgehead atoms. The molecule has 0 unspecified atom stereocenters. The van der Waals surface area contributed by atoms with Gasteiger partial charge in [0.2, 0.25) is 0 Å². The summed E-state index contributed by atoms with van der Waals surface area (Å²) in [6.07, 6.45) is 1.45. The summed E-state index contributed by atoms with van der Waals surface area (Å²) in [5.74, 6) is -1.21. The van der Waals surface area contributed by atoms with Gasteiger partial charge in [-0.1, -0.05) is 36.4 Å². The van der Waals surface area contributed by atoms with E-state index in [9.17, 15) is 17.6 Å². The maximum atomic E-state index is 14.5. The molecular formula is C24H23FN2O4S. The van der Waals surface area contributed by atoms with E-state index >= 15 is 0 Å². The fourth-order valence-electron chi connectivity index (χ4n) is 3.06. The first kappa shape index (κ1) is 23.0. The molecule has 1 N–H and O–H groups in total. The molecule has 0 atom stereocenters. The van der Waals surface area contributed by atoms with Crippen LogP contribution in [0.25, 0.3) is 0 Å². The number of amides is 1. The molecule has 0 saturated heterocycles. The van der Waals surface area contributed by atoms with Crippen LogP contribution in [0.2, 0.25) is 0 Å². The maximum Gasteiger partial charge on any atom is 0.264 e. The van der Waals surface area contributed by atoms with Crippen LogP contribution in [0.3, 0.4) is 0 Å². The molecule has 0 radical (unpaired) electrons. The zero-order chi connectivity index (χ0) is 23.1. The van der Waals surface area contributed by atoms with Crippen molar-refractivity contribution in [3.8, 4) is 5.75 Å². The standard InChI is InChI=1S/C24H23FN2O4S/c1-3-16-27(18-10-6-5-7-11-18)32(29,30)19-14-15-21(25)20(17-19)24(28)26-22-12-8-9-13-23(22)31-4-2/h3,5-15,17H,1,4,16H2,2H3,(H,26,28). The normalized spacial score (nSPS) is 10.9. The number of hydrogen-bond acceptors (Lipinski definition) is 4. The Bertz CT molecular complexity index is 1210. The topological polar surface area (TPSA) is 75.7 Å². The minimum absolute atomic E-state index is 0.00693. The minimum Gasteiger partial charge on any atom is -0.492 e. The third kappa shape index (κ3) is 4.97. The highest BCUT2D eigenvalue weighted by atomic mass is 32.2. The van der Waals surface area contributed by atoms with E-state index in [2.05, 4.69) is 11.9 Å². The van der Waals surface area contributed by atoms with Gasteiger partial charge in [0, 0.05) is 0 Å². The van der Waals surface area contributed by atoms with Gasteiger partial charge >= 0.3 is 0 Å². The number of anilines is 2. The van der Waals surface area contributed by atoms with Crippen LogP contribution in [0, 0.1) is 5.82 Å². The van der Waals surface area contributed by atoms with E-state index in [-0.39, 0.29) is 11.4 Å². The van der Waals surface area contributed by atoms with Crippen molar-refractivity contribution < 1.29 is 22.3 Å². The number of benzene rings is 3. The van der Waals surface area contributed by atoms with Crippen LogP contribution in [-0.2, 0) is 10.0 Å². The van der Waals surface area contributed by atoms with Crippen molar-refractivity contribution in [1.29, 1.82) is 0 Å². The molecule has 3 aromatic rings. The minimum atomic E-state index is -4.09. The summed E-state index contributed by atoms with van der Waals surface area (Å²) in [6.45, 7) is 5.81. The van der Waals surface area contributed by atoms with Crippen molar-refractivity contribution in [1.82, 2.24) is 0 Å². The van der Waals surface area contributed by atoms with Gasteiger partial charge < -0.3 is 10.1 Å². The van der Waals surface area contributed by atoms with Crippen LogP contribution in [0.1, 0.15) is 17.3 Å². The molecule has 0 aromatic heterocycles. The van der Waals surface area contributed by atoms with Gasteiger partial charge in [-0.25, -0.2) is 12.8 Å². The first-order chi connectivity index (χ1) is 15.4. The van der Waals surface area contributed by atoms with Gasteiger partial charge in [-0.05, 0) is 49.4 Å². The first-order valence-electron chi connectivity index (χ1n) is 9.90. The average molecular weight is 455 g/mol. The Labute approximate surface area is 187 Å². The largest absolute Gasteiger partial charge is 0.492 e. The lowest BCUT2D eigenvalue weighted by Gasteiger charge is -2.23. The molecular weight excluding hydrogens is 431 g/mol. The predicted octanol–water partition coefficient (Wildman–Crippen LogP) is 4.86. The van der Waals surface area contributed by atoms with Crippen molar-refractivity contribution in [2.75, 3.05) is 22.8 Å². The van der Waals surface area contributed by atoms with Crippen LogP contribution in [0.4, 0.5) is 15.8 Å². The van der Waals surface area contributed by atoms with E-state index in [1.165, 1.54) is 6.08 Å². The Balaban J connectivity index is 1.97. The van der Waals surface area contributed by atoms with Crippen molar-refractivity contribution in [3.05, 3.63) is 96.8 Å². The summed E-state index contributed by atoms with van der Waals surface area (Å²) in [7, 11) is -4.09. The van der Waals surface area contributed by atoms with E-state index in [0.717, 1.165) is 22.5 Å². The average Bonchev–Trinajstić information content (AvgIpc) is 2.79. The van der Waals surface area contributed by atoms with E-state index in [4.69, 9.17) is 4.74 Å². The summed E-state index contributed by atoms with van der Waals surface area (Å²) in [5, 5.41) is 2.59. The molecule has 166 valence electrons. The zero-order valence-electron chi connectivity index (χ0n) is 17.5. The van der Waals surface area contributed by atoms with Gasteiger partial charge in [-0.2, -0.15) is 0 Å². The number of carbonyl (C=O) groups excluding carboxylic acids is 1. The molecule has 1 amide bonds. The lowest BCUT2D eigenvalue weighted by molar-refractivity contribution is 0.102. The van der Waals surface area contributed by atoms with Crippen molar-refractivity contribution in [2.24, 2.45) is 0 Å². The molecule has 32 heavy (non-hydrogen) atoms. The van der Waals surface area contributed by atoms with E-state index < -0.39 is 27.3 Å². The quantitative estimate of drug-likeness (QED) is 0.469. The second-order valence-electron chi connectivity index (χ2n) is 6.69. The Kier molecular flexibility index (Phi) is 7.27. The highest BCUT2D eigenvalue weighted by molar-refractivity contribution is 7.92. The van der Waals surface area contributed by atoms with Gasteiger partial charge in [-0.15, -0.1) is 6.58 Å². The van der Waals surface area contributed by atoms with Crippen molar-refractivity contribution in [3.63, 3.8) is 0 Å². The smallest absolute Gasteiger partial charge is 0.264 e. The van der Waals surface area contributed by atoms with Gasteiger partial charge in [0.1, 0.15) is 11.6 Å². The van der Waals surface area contributed by atoms with Gasteiger partial charge in [-0.3, -0.25) is 9.10 Å². The number of para-hydroxylation sites is 3. The number of halogens is 1. The summed E-state index contributed by atoms with van der Waals surface area (Å²) >= 11 is 0. The molecule has 0 saturated carbocycles. The summed E-state index contributed by atoms with van der Waals surface area (Å²) < 4.78 is 47.7. The van der Waals surface area contributed by atoms with Crippen LogP contribution in [0.15, 0.2) is 90.3 Å². The second-order valence-corrected chi connectivity index (χ2v) is 8.55. The molecule has 8 heteroatoms. The first-order valence-corrected chi connectivity index (χ1v) is 11.3. The Morgan fingerprint density at radius 3 is 2.47 bits per heavy atom. The number of rotatable bonds is 9. The number of carbonyl (C=O) groups is 1. The van der Waals surface area contributed by atoms with E-state index in [1.54, 1.807) is 61.5 Å². The molecule has 0 fully saturated rings. The molecule has 0 aliphatic carbocycles. The lowest BCUT2D eigenvalue weighted by atomic mass is 10.2. The molecule has 0 heterocycles. The van der Waals surface area contributed by atoms with Crippen LogP contribution in [-0.4, -0.2) is 27.5 Å². The number of nitrogens with zero attached hydrogens (tertiary/aromatic N) is 1. The van der Waals surface area contributed by atoms with Crippen molar-refractivity contribution >= 4 is 27.3 Å². The highest BCUT2D eigenvalue weighted by Gasteiger charge is 2.26. The van der Waals surface area contributed by atoms with Crippen LogP contribution in [0.5, 0.6) is 5.75 Å². The summed E-state index contributed by atoms with van der Waals surface area (Å²) in [5.41, 5.74) is 0.377. The molecule has 3 aromatic carbocycles. The highest BCUT2D eigenvalue weighted by Crippen LogP contribution is 2.27. The van der Waals surface area contributed by atoms with Crippen LogP contribution >= 0.6 is 0 Å². The Morgan fingerprint density at radius 1 is 1.09 bits per heavy atom. The Hall–Kier alpha value is -3.65. The number of hydrogen-bond donors (Lipinski definition) is 1. The van der Waals surface area contributed by atoms with E-state index in [0.29, 0.717) is 23.7 Å². The van der Waals surface area contributed by atoms with Crippen LogP contribution < -0.4 is 14.4 Å². The molecule has 0 aliphatic rings. The van der Waals surface area contributed by atoms with Gasteiger partial charge in [0.15, 0.2) is 0 Å². The zero-order valence-corrected chi connectivity index (χ0v) is 18.3. The SMILES string of the molecule is C=CCN(c1ccccc1)S(=O)(=O)c1ccc(F)c(C(=O)Nc2ccccc2OCC)c1.